The topological polar surface area (TPSA) is 49.9 Å². The van der Waals surface area contributed by atoms with Crippen molar-refractivity contribution in [3.05, 3.63) is 52.0 Å². The molecule has 1 aliphatic rings. The van der Waals surface area contributed by atoms with E-state index in [1.807, 2.05) is 24.3 Å². The summed E-state index contributed by atoms with van der Waals surface area (Å²) in [5.41, 5.74) is 1.65. The van der Waals surface area contributed by atoms with Crippen molar-refractivity contribution in [2.45, 2.75) is 11.8 Å². The van der Waals surface area contributed by atoms with Gasteiger partial charge in [-0.15, -0.1) is 0 Å². The molecule has 0 saturated carbocycles. The average molecular weight is 415 g/mol. The second kappa shape index (κ2) is 7.64. The molecule has 26 heavy (non-hydrogen) atoms. The number of rotatable bonds is 4. The van der Waals surface area contributed by atoms with E-state index in [4.69, 9.17) is 27.9 Å². The molecule has 1 fully saturated rings. The van der Waals surface area contributed by atoms with E-state index < -0.39 is 10.0 Å². The van der Waals surface area contributed by atoms with Crippen molar-refractivity contribution in [3.8, 4) is 5.75 Å². The average Bonchev–Trinajstić information content (AvgIpc) is 2.64. The molecule has 1 saturated heterocycles. The van der Waals surface area contributed by atoms with Gasteiger partial charge in [0, 0.05) is 31.2 Å². The Morgan fingerprint density at radius 1 is 1.00 bits per heavy atom. The van der Waals surface area contributed by atoms with E-state index >= 15 is 0 Å². The SMILES string of the molecule is COc1ccccc1N1CCN(S(=O)(=O)c2cc(C)c(Cl)cc2Cl)CC1. The Bertz CT molecular complexity index is 911. The van der Waals surface area contributed by atoms with Gasteiger partial charge in [0.2, 0.25) is 10.0 Å². The summed E-state index contributed by atoms with van der Waals surface area (Å²) >= 11 is 12.2. The molecule has 1 aliphatic heterocycles. The second-order valence-corrected chi connectivity index (χ2v) is 8.82. The summed E-state index contributed by atoms with van der Waals surface area (Å²) in [5.74, 6) is 0.778. The van der Waals surface area contributed by atoms with Crippen LogP contribution in [0.15, 0.2) is 41.3 Å². The van der Waals surface area contributed by atoms with E-state index in [1.54, 1.807) is 14.0 Å². The highest BCUT2D eigenvalue weighted by molar-refractivity contribution is 7.89. The molecular formula is C18H20Cl2N2O3S. The second-order valence-electron chi connectivity index (χ2n) is 6.09. The number of ether oxygens (including phenoxy) is 1. The fourth-order valence-electron chi connectivity index (χ4n) is 3.03. The Hall–Kier alpha value is -1.47. The number of hydrogen-bond acceptors (Lipinski definition) is 4. The van der Waals surface area contributed by atoms with Crippen molar-refractivity contribution in [2.24, 2.45) is 0 Å². The number of anilines is 1. The van der Waals surface area contributed by atoms with Gasteiger partial charge in [-0.25, -0.2) is 8.42 Å². The van der Waals surface area contributed by atoms with Gasteiger partial charge >= 0.3 is 0 Å². The van der Waals surface area contributed by atoms with Gasteiger partial charge in [-0.2, -0.15) is 4.31 Å². The lowest BCUT2D eigenvalue weighted by molar-refractivity contribution is 0.378. The predicted molar refractivity (Wildman–Crippen MR) is 105 cm³/mol. The normalized spacial score (nSPS) is 15.9. The Morgan fingerprint density at radius 3 is 2.31 bits per heavy atom. The van der Waals surface area contributed by atoms with Gasteiger partial charge in [0.25, 0.3) is 0 Å². The van der Waals surface area contributed by atoms with Gasteiger partial charge in [-0.3, -0.25) is 0 Å². The van der Waals surface area contributed by atoms with E-state index in [9.17, 15) is 8.42 Å². The van der Waals surface area contributed by atoms with Crippen molar-refractivity contribution in [3.63, 3.8) is 0 Å². The molecule has 1 heterocycles. The van der Waals surface area contributed by atoms with Crippen LogP contribution in [-0.2, 0) is 10.0 Å². The molecule has 8 heteroatoms. The third-order valence-electron chi connectivity index (χ3n) is 4.50. The van der Waals surface area contributed by atoms with Crippen molar-refractivity contribution in [1.29, 1.82) is 0 Å². The number of halogens is 2. The third-order valence-corrected chi connectivity index (χ3v) is 7.27. The summed E-state index contributed by atoms with van der Waals surface area (Å²) in [7, 11) is -2.04. The minimum absolute atomic E-state index is 0.104. The molecule has 0 N–H and O–H groups in total. The number of benzene rings is 2. The molecule has 140 valence electrons. The van der Waals surface area contributed by atoms with E-state index in [1.165, 1.54) is 16.4 Å². The molecular weight excluding hydrogens is 395 g/mol. The van der Waals surface area contributed by atoms with Crippen LogP contribution in [0.25, 0.3) is 0 Å². The number of hydrogen-bond donors (Lipinski definition) is 0. The minimum Gasteiger partial charge on any atom is -0.495 e. The lowest BCUT2D eigenvalue weighted by Crippen LogP contribution is -2.48. The van der Waals surface area contributed by atoms with Crippen LogP contribution in [0.4, 0.5) is 5.69 Å². The smallest absolute Gasteiger partial charge is 0.244 e. The molecule has 0 radical (unpaired) electrons. The third kappa shape index (κ3) is 3.64. The zero-order chi connectivity index (χ0) is 18.9. The molecule has 0 bridgehead atoms. The first-order chi connectivity index (χ1) is 12.3. The summed E-state index contributed by atoms with van der Waals surface area (Å²) in [6, 6.07) is 10.7. The standard InChI is InChI=1S/C18H20Cl2N2O3S/c1-13-11-18(15(20)12-14(13)19)26(23,24)22-9-7-21(8-10-22)16-5-3-4-6-17(16)25-2/h3-6,11-12H,7-10H2,1-2H3. The van der Waals surface area contributed by atoms with Crippen LogP contribution >= 0.6 is 23.2 Å². The Kier molecular flexibility index (Phi) is 5.67. The molecule has 0 spiro atoms. The van der Waals surface area contributed by atoms with Gasteiger partial charge in [0.15, 0.2) is 0 Å². The number of para-hydroxylation sites is 2. The number of aryl methyl sites for hydroxylation is 1. The summed E-state index contributed by atoms with van der Waals surface area (Å²) in [5, 5.41) is 0.600. The van der Waals surface area contributed by atoms with E-state index in [2.05, 4.69) is 4.90 Å². The molecule has 2 aromatic rings. The lowest BCUT2D eigenvalue weighted by atomic mass is 10.2. The van der Waals surface area contributed by atoms with Crippen molar-refractivity contribution in [1.82, 2.24) is 4.31 Å². The number of methoxy groups -OCH3 is 1. The van der Waals surface area contributed by atoms with Gasteiger partial charge in [-0.1, -0.05) is 35.3 Å². The van der Waals surface area contributed by atoms with Crippen LogP contribution in [0.1, 0.15) is 5.56 Å². The largest absolute Gasteiger partial charge is 0.495 e. The van der Waals surface area contributed by atoms with Crippen molar-refractivity contribution < 1.29 is 13.2 Å². The molecule has 0 aromatic heterocycles. The molecule has 3 rings (SSSR count). The fraction of sp³-hybridized carbons (Fsp3) is 0.333. The van der Waals surface area contributed by atoms with Crippen LogP contribution in [0.2, 0.25) is 10.0 Å². The van der Waals surface area contributed by atoms with E-state index in [0.29, 0.717) is 36.8 Å². The Labute approximate surface area is 164 Å². The molecule has 0 aliphatic carbocycles. The predicted octanol–water partition coefficient (Wildman–Crippen LogP) is 3.82. The van der Waals surface area contributed by atoms with Crippen molar-refractivity contribution >= 4 is 38.9 Å². The molecule has 2 aromatic carbocycles. The summed E-state index contributed by atoms with van der Waals surface area (Å²) in [6.07, 6.45) is 0. The van der Waals surface area contributed by atoms with Gasteiger partial charge in [0.1, 0.15) is 10.6 Å². The van der Waals surface area contributed by atoms with Gasteiger partial charge in [-0.05, 0) is 36.8 Å². The summed E-state index contributed by atoms with van der Waals surface area (Å²) < 4.78 is 32.9. The van der Waals surface area contributed by atoms with Crippen LogP contribution in [-0.4, -0.2) is 46.0 Å². The van der Waals surface area contributed by atoms with Crippen LogP contribution in [0.3, 0.4) is 0 Å². The molecule has 0 atom stereocenters. The van der Waals surface area contributed by atoms with Gasteiger partial charge < -0.3 is 9.64 Å². The van der Waals surface area contributed by atoms with Gasteiger partial charge in [0.05, 0.1) is 17.8 Å². The number of nitrogens with zero attached hydrogens (tertiary/aromatic N) is 2. The highest BCUT2D eigenvalue weighted by atomic mass is 35.5. The number of piperazine rings is 1. The first-order valence-corrected chi connectivity index (χ1v) is 10.4. The maximum Gasteiger partial charge on any atom is 0.244 e. The highest BCUT2D eigenvalue weighted by Crippen LogP contribution is 2.32. The maximum atomic E-state index is 13.0. The Morgan fingerprint density at radius 2 is 1.65 bits per heavy atom. The minimum atomic E-state index is -3.67. The van der Waals surface area contributed by atoms with E-state index in [-0.39, 0.29) is 9.92 Å². The monoisotopic (exact) mass is 414 g/mol. The van der Waals surface area contributed by atoms with Crippen LogP contribution in [0.5, 0.6) is 5.75 Å². The zero-order valence-corrected chi connectivity index (χ0v) is 16.9. The van der Waals surface area contributed by atoms with Crippen molar-refractivity contribution in [2.75, 3.05) is 38.2 Å². The number of sulfonamides is 1. The molecule has 0 amide bonds. The summed E-state index contributed by atoms with van der Waals surface area (Å²) in [6.45, 7) is 3.65. The fourth-order valence-corrected chi connectivity index (χ4v) is 5.26. The lowest BCUT2D eigenvalue weighted by Gasteiger charge is -2.36. The van der Waals surface area contributed by atoms with Crippen LogP contribution in [0, 0.1) is 6.92 Å². The summed E-state index contributed by atoms with van der Waals surface area (Å²) in [4.78, 5) is 2.23. The first-order valence-electron chi connectivity index (χ1n) is 8.18. The maximum absolute atomic E-state index is 13.0. The molecule has 5 nitrogen and oxygen atoms in total. The molecule has 0 unspecified atom stereocenters. The quantitative estimate of drug-likeness (QED) is 0.762. The Balaban J connectivity index is 1.80. The first kappa shape index (κ1) is 19.3. The van der Waals surface area contributed by atoms with E-state index in [0.717, 1.165) is 11.4 Å². The highest BCUT2D eigenvalue weighted by Gasteiger charge is 2.31. The van der Waals surface area contributed by atoms with Crippen LogP contribution < -0.4 is 9.64 Å². The zero-order valence-electron chi connectivity index (χ0n) is 14.6.